The molecule has 1 aromatic rings. The maximum atomic E-state index is 12.4. The molecule has 0 aliphatic heterocycles. The number of hydrogen-bond donors (Lipinski definition) is 0. The molecule has 0 bridgehead atoms. The lowest BCUT2D eigenvalue weighted by atomic mass is 10.2. The molecule has 0 heterocycles. The van der Waals surface area contributed by atoms with Crippen LogP contribution in [0.25, 0.3) is 0 Å². The van der Waals surface area contributed by atoms with Crippen LogP contribution in [0.5, 0.6) is 5.75 Å². The van der Waals surface area contributed by atoms with Gasteiger partial charge in [-0.3, -0.25) is 10.1 Å². The molecule has 0 radical (unpaired) electrons. The summed E-state index contributed by atoms with van der Waals surface area (Å²) in [5.74, 6) is -0.313. The minimum absolute atomic E-state index is 0.197. The lowest BCUT2D eigenvalue weighted by Gasteiger charge is -2.10. The van der Waals surface area contributed by atoms with Crippen LogP contribution in [0.15, 0.2) is 18.2 Å². The van der Waals surface area contributed by atoms with E-state index < -0.39 is 22.4 Å². The number of ether oxygens (including phenoxy) is 1. The molecule has 1 saturated carbocycles. The number of benzene rings is 1. The van der Waals surface area contributed by atoms with Gasteiger partial charge in [0.15, 0.2) is 5.75 Å². The van der Waals surface area contributed by atoms with Crippen molar-refractivity contribution in [2.75, 3.05) is 0 Å². The normalized spacial score (nSPS) is 15.7. The van der Waals surface area contributed by atoms with Crippen LogP contribution in [0.3, 0.4) is 0 Å². The molecule has 1 aliphatic carbocycles. The lowest BCUT2D eigenvalue weighted by molar-refractivity contribution is -0.386. The second-order valence-electron chi connectivity index (χ2n) is 3.75. The summed E-state index contributed by atoms with van der Waals surface area (Å²) in [6.45, 7) is 0. The van der Waals surface area contributed by atoms with E-state index in [-0.39, 0.29) is 11.9 Å². The van der Waals surface area contributed by atoms with E-state index in [1.54, 1.807) is 0 Å². The molecule has 0 unspecified atom stereocenters. The molecule has 4 nitrogen and oxygen atoms in total. The summed E-state index contributed by atoms with van der Waals surface area (Å²) in [6.07, 6.45) is -3.30. The molecule has 0 amide bonds. The van der Waals surface area contributed by atoms with Gasteiger partial charge in [0.25, 0.3) is 0 Å². The highest BCUT2D eigenvalue weighted by Gasteiger charge is 2.34. The van der Waals surface area contributed by atoms with Gasteiger partial charge in [-0.05, 0) is 25.0 Å². The zero-order chi connectivity index (χ0) is 12.6. The van der Waals surface area contributed by atoms with Gasteiger partial charge in [-0.25, -0.2) is 0 Å². The molecule has 1 aromatic carbocycles. The van der Waals surface area contributed by atoms with E-state index in [9.17, 15) is 23.3 Å². The summed E-state index contributed by atoms with van der Waals surface area (Å²) in [6, 6.07) is 2.18. The first kappa shape index (κ1) is 11.7. The third kappa shape index (κ3) is 2.66. The molecule has 1 aliphatic rings. The van der Waals surface area contributed by atoms with Crippen molar-refractivity contribution in [3.63, 3.8) is 0 Å². The minimum atomic E-state index is -4.53. The van der Waals surface area contributed by atoms with Crippen molar-refractivity contribution >= 4 is 5.69 Å². The van der Waals surface area contributed by atoms with Crippen molar-refractivity contribution in [1.82, 2.24) is 0 Å². The van der Waals surface area contributed by atoms with Crippen LogP contribution in [0.2, 0.25) is 0 Å². The van der Waals surface area contributed by atoms with E-state index in [1.807, 2.05) is 0 Å². The molecule has 2 rings (SSSR count). The molecular formula is C10H8F3NO3. The van der Waals surface area contributed by atoms with Crippen molar-refractivity contribution in [3.8, 4) is 5.75 Å². The third-order valence-corrected chi connectivity index (χ3v) is 2.30. The van der Waals surface area contributed by atoms with Crippen molar-refractivity contribution in [3.05, 3.63) is 33.9 Å². The third-order valence-electron chi connectivity index (χ3n) is 2.30. The topological polar surface area (TPSA) is 52.4 Å². The van der Waals surface area contributed by atoms with Crippen LogP contribution < -0.4 is 4.74 Å². The van der Waals surface area contributed by atoms with Gasteiger partial charge in [-0.2, -0.15) is 13.2 Å². The molecule has 17 heavy (non-hydrogen) atoms. The summed E-state index contributed by atoms with van der Waals surface area (Å²) in [5.41, 5.74) is -1.39. The van der Waals surface area contributed by atoms with Gasteiger partial charge in [-0.1, -0.05) is 0 Å². The second kappa shape index (κ2) is 3.90. The Hall–Kier alpha value is -1.79. The summed E-state index contributed by atoms with van der Waals surface area (Å²) in [4.78, 5) is 9.88. The Morgan fingerprint density at radius 1 is 1.35 bits per heavy atom. The second-order valence-corrected chi connectivity index (χ2v) is 3.75. The van der Waals surface area contributed by atoms with Crippen molar-refractivity contribution in [2.45, 2.75) is 25.1 Å². The number of alkyl halides is 3. The standard InChI is InChI=1S/C10H8F3NO3/c11-10(12,13)6-1-4-8(14(15)16)9(5-6)17-7-2-3-7/h1,4-5,7H,2-3H2. The van der Waals surface area contributed by atoms with Crippen LogP contribution in [0.4, 0.5) is 18.9 Å². The van der Waals surface area contributed by atoms with Gasteiger partial charge in [0, 0.05) is 6.07 Å². The molecular weight excluding hydrogens is 239 g/mol. The highest BCUT2D eigenvalue weighted by atomic mass is 19.4. The average molecular weight is 247 g/mol. The van der Waals surface area contributed by atoms with Crippen LogP contribution in [0.1, 0.15) is 18.4 Å². The van der Waals surface area contributed by atoms with Crippen molar-refractivity contribution in [1.29, 1.82) is 0 Å². The Bertz CT molecular complexity index is 455. The smallest absolute Gasteiger partial charge is 0.416 e. The fraction of sp³-hybridized carbons (Fsp3) is 0.400. The van der Waals surface area contributed by atoms with E-state index in [2.05, 4.69) is 0 Å². The summed E-state index contributed by atoms with van der Waals surface area (Å²) < 4.78 is 42.4. The van der Waals surface area contributed by atoms with Gasteiger partial charge in [0.05, 0.1) is 16.6 Å². The molecule has 92 valence electrons. The van der Waals surface area contributed by atoms with Gasteiger partial charge in [0.1, 0.15) is 0 Å². The molecule has 7 heteroatoms. The number of nitro benzene ring substituents is 1. The average Bonchev–Trinajstić information content (AvgIpc) is 2.99. The van der Waals surface area contributed by atoms with Crippen LogP contribution in [0, 0.1) is 10.1 Å². The van der Waals surface area contributed by atoms with E-state index in [4.69, 9.17) is 4.74 Å². The summed E-state index contributed by atoms with van der Waals surface area (Å²) in [5, 5.41) is 10.6. The number of halogens is 3. The zero-order valence-corrected chi connectivity index (χ0v) is 8.53. The van der Waals surface area contributed by atoms with Crippen LogP contribution in [-0.2, 0) is 6.18 Å². The van der Waals surface area contributed by atoms with E-state index in [0.29, 0.717) is 25.0 Å². The Kier molecular flexibility index (Phi) is 2.68. The van der Waals surface area contributed by atoms with E-state index in [1.165, 1.54) is 0 Å². The number of nitrogens with zero attached hydrogens (tertiary/aromatic N) is 1. The number of rotatable bonds is 3. The number of nitro groups is 1. The fourth-order valence-electron chi connectivity index (χ4n) is 1.30. The first-order valence-corrected chi connectivity index (χ1v) is 4.90. The molecule has 0 saturated heterocycles. The van der Waals surface area contributed by atoms with E-state index >= 15 is 0 Å². The van der Waals surface area contributed by atoms with Crippen LogP contribution in [-0.4, -0.2) is 11.0 Å². The zero-order valence-electron chi connectivity index (χ0n) is 8.53. The highest BCUT2D eigenvalue weighted by Crippen LogP contribution is 2.38. The van der Waals surface area contributed by atoms with Gasteiger partial charge in [-0.15, -0.1) is 0 Å². The highest BCUT2D eigenvalue weighted by molar-refractivity contribution is 5.49. The first-order valence-electron chi connectivity index (χ1n) is 4.90. The van der Waals surface area contributed by atoms with Crippen LogP contribution >= 0.6 is 0 Å². The SMILES string of the molecule is O=[N+]([O-])c1ccc(C(F)(F)F)cc1OC1CC1. The molecule has 0 N–H and O–H groups in total. The maximum absolute atomic E-state index is 12.4. The quantitative estimate of drug-likeness (QED) is 0.609. The van der Waals surface area contributed by atoms with E-state index in [0.717, 1.165) is 6.07 Å². The largest absolute Gasteiger partial charge is 0.483 e. The van der Waals surface area contributed by atoms with Crippen molar-refractivity contribution in [2.24, 2.45) is 0 Å². The maximum Gasteiger partial charge on any atom is 0.416 e. The molecule has 1 fully saturated rings. The summed E-state index contributed by atoms with van der Waals surface area (Å²) >= 11 is 0. The van der Waals surface area contributed by atoms with Crippen molar-refractivity contribution < 1.29 is 22.8 Å². The fourth-order valence-corrected chi connectivity index (χ4v) is 1.30. The number of hydrogen-bond acceptors (Lipinski definition) is 3. The lowest BCUT2D eigenvalue weighted by Crippen LogP contribution is -2.07. The van der Waals surface area contributed by atoms with Gasteiger partial charge in [0.2, 0.25) is 0 Å². The molecule has 0 spiro atoms. The van der Waals surface area contributed by atoms with Gasteiger partial charge < -0.3 is 4.74 Å². The molecule has 0 aromatic heterocycles. The van der Waals surface area contributed by atoms with Gasteiger partial charge >= 0.3 is 11.9 Å². The summed E-state index contributed by atoms with van der Waals surface area (Å²) in [7, 11) is 0. The monoisotopic (exact) mass is 247 g/mol. The Morgan fingerprint density at radius 2 is 2.00 bits per heavy atom. The molecule has 0 atom stereocenters. The Morgan fingerprint density at radius 3 is 2.47 bits per heavy atom. The Balaban J connectivity index is 2.38. The first-order chi connectivity index (χ1) is 7.88. The predicted molar refractivity (Wildman–Crippen MR) is 51.7 cm³/mol. The Labute approximate surface area is 94.1 Å². The predicted octanol–water partition coefficient (Wildman–Crippen LogP) is 3.15. The minimum Gasteiger partial charge on any atom is -0.483 e.